The molecule has 2 heterocycles. The lowest BCUT2D eigenvalue weighted by molar-refractivity contribution is 0.0562. The van der Waals surface area contributed by atoms with Crippen LogP contribution in [0.1, 0.15) is 19.0 Å². The van der Waals surface area contributed by atoms with Crippen LogP contribution in [-0.4, -0.2) is 26.1 Å². The predicted octanol–water partition coefficient (Wildman–Crippen LogP) is 1.19. The molecule has 0 radical (unpaired) electrons. The molecule has 13 heavy (non-hydrogen) atoms. The Kier molecular flexibility index (Phi) is 2.26. The second kappa shape index (κ2) is 3.27. The van der Waals surface area contributed by atoms with Crippen molar-refractivity contribution in [1.29, 1.82) is 0 Å². The van der Waals surface area contributed by atoms with Gasteiger partial charge in [-0.05, 0) is 6.42 Å². The molecular weight excluding hydrogens is 184 g/mol. The van der Waals surface area contributed by atoms with Crippen molar-refractivity contribution >= 4 is 11.8 Å². The summed E-state index contributed by atoms with van der Waals surface area (Å²) in [5.41, 5.74) is -0.0509. The fraction of sp³-hybridized carbons (Fsp3) is 0.556. The molecule has 2 atom stereocenters. The number of thioether (sulfide) groups is 1. The Hall–Kier alpha value is -0.610. The standard InChI is InChI=1S/C9H12N2OS/c1-7-4-9(12,6-13-7)8-5-10-2-3-11-8/h2-3,5,7,12H,4,6H2,1H3. The molecule has 0 saturated carbocycles. The lowest BCUT2D eigenvalue weighted by Gasteiger charge is -2.19. The third kappa shape index (κ3) is 1.69. The van der Waals surface area contributed by atoms with Crippen molar-refractivity contribution in [3.8, 4) is 0 Å². The second-order valence-electron chi connectivity index (χ2n) is 3.45. The number of hydrogen-bond acceptors (Lipinski definition) is 4. The molecule has 1 saturated heterocycles. The van der Waals surface area contributed by atoms with Crippen molar-refractivity contribution in [3.63, 3.8) is 0 Å². The monoisotopic (exact) mass is 196 g/mol. The third-order valence-electron chi connectivity index (χ3n) is 2.27. The maximum absolute atomic E-state index is 10.2. The Morgan fingerprint density at radius 2 is 2.46 bits per heavy atom. The van der Waals surface area contributed by atoms with Crippen LogP contribution in [0.2, 0.25) is 0 Å². The highest BCUT2D eigenvalue weighted by Crippen LogP contribution is 2.39. The van der Waals surface area contributed by atoms with E-state index in [4.69, 9.17) is 0 Å². The van der Waals surface area contributed by atoms with E-state index in [-0.39, 0.29) is 0 Å². The molecule has 1 aromatic heterocycles. The number of nitrogens with zero attached hydrogens (tertiary/aromatic N) is 2. The predicted molar refractivity (Wildman–Crippen MR) is 52.5 cm³/mol. The molecule has 1 aliphatic rings. The van der Waals surface area contributed by atoms with Crippen LogP contribution in [0.4, 0.5) is 0 Å². The van der Waals surface area contributed by atoms with E-state index in [0.29, 0.717) is 10.9 Å². The summed E-state index contributed by atoms with van der Waals surface area (Å²) in [6, 6.07) is 0. The van der Waals surface area contributed by atoms with Gasteiger partial charge in [-0.2, -0.15) is 11.8 Å². The van der Waals surface area contributed by atoms with Gasteiger partial charge in [-0.1, -0.05) is 6.92 Å². The van der Waals surface area contributed by atoms with Crippen molar-refractivity contribution in [2.75, 3.05) is 5.75 Å². The molecule has 0 spiro atoms. The summed E-state index contributed by atoms with van der Waals surface area (Å²) in [6.45, 7) is 2.12. The van der Waals surface area contributed by atoms with E-state index in [1.54, 1.807) is 30.4 Å². The summed E-state index contributed by atoms with van der Waals surface area (Å²) in [5, 5.41) is 10.7. The van der Waals surface area contributed by atoms with Gasteiger partial charge in [0.25, 0.3) is 0 Å². The van der Waals surface area contributed by atoms with Crippen LogP contribution in [0.3, 0.4) is 0 Å². The van der Waals surface area contributed by atoms with E-state index in [1.165, 1.54) is 0 Å². The molecule has 1 N–H and O–H groups in total. The zero-order valence-electron chi connectivity index (χ0n) is 7.47. The minimum absolute atomic E-state index is 0.506. The largest absolute Gasteiger partial charge is 0.383 e. The third-order valence-corrected chi connectivity index (χ3v) is 3.65. The number of aromatic nitrogens is 2. The summed E-state index contributed by atoms with van der Waals surface area (Å²) >= 11 is 1.78. The molecule has 2 rings (SSSR count). The lowest BCUT2D eigenvalue weighted by Crippen LogP contribution is -2.26. The van der Waals surface area contributed by atoms with Gasteiger partial charge in [-0.25, -0.2) is 0 Å². The van der Waals surface area contributed by atoms with Crippen molar-refractivity contribution in [2.45, 2.75) is 24.2 Å². The van der Waals surface area contributed by atoms with E-state index in [9.17, 15) is 5.11 Å². The zero-order chi connectivity index (χ0) is 9.31. The van der Waals surface area contributed by atoms with Crippen LogP contribution < -0.4 is 0 Å². The van der Waals surface area contributed by atoms with Gasteiger partial charge in [0.2, 0.25) is 0 Å². The van der Waals surface area contributed by atoms with Crippen molar-refractivity contribution in [2.24, 2.45) is 0 Å². The minimum atomic E-state index is -0.752. The highest BCUT2D eigenvalue weighted by molar-refractivity contribution is 8.00. The average Bonchev–Trinajstić information content (AvgIpc) is 2.49. The number of aliphatic hydroxyl groups is 1. The summed E-state index contributed by atoms with van der Waals surface area (Å²) in [4.78, 5) is 8.11. The summed E-state index contributed by atoms with van der Waals surface area (Å²) in [7, 11) is 0. The van der Waals surface area contributed by atoms with Crippen molar-refractivity contribution in [1.82, 2.24) is 9.97 Å². The van der Waals surface area contributed by atoms with Crippen LogP contribution in [0, 0.1) is 0 Å². The van der Waals surface area contributed by atoms with Crippen molar-refractivity contribution < 1.29 is 5.11 Å². The van der Waals surface area contributed by atoms with Gasteiger partial charge in [-0.3, -0.25) is 9.97 Å². The highest BCUT2D eigenvalue weighted by atomic mass is 32.2. The molecule has 0 amide bonds. The Morgan fingerprint density at radius 3 is 3.00 bits per heavy atom. The van der Waals surface area contributed by atoms with Gasteiger partial charge in [0.1, 0.15) is 5.60 Å². The fourth-order valence-corrected chi connectivity index (χ4v) is 2.81. The Bertz CT molecular complexity index is 293. The van der Waals surface area contributed by atoms with E-state index in [0.717, 1.165) is 12.2 Å². The molecule has 1 aromatic rings. The van der Waals surface area contributed by atoms with E-state index in [2.05, 4.69) is 16.9 Å². The van der Waals surface area contributed by atoms with Crippen LogP contribution in [-0.2, 0) is 5.60 Å². The summed E-state index contributed by atoms with van der Waals surface area (Å²) < 4.78 is 0. The SMILES string of the molecule is CC1CC(O)(c2cnccn2)CS1. The molecule has 0 aliphatic carbocycles. The van der Waals surface area contributed by atoms with Crippen LogP contribution in [0.5, 0.6) is 0 Å². The summed E-state index contributed by atoms with van der Waals surface area (Å²) in [5.74, 6) is 0.729. The van der Waals surface area contributed by atoms with Crippen LogP contribution in [0.15, 0.2) is 18.6 Å². The van der Waals surface area contributed by atoms with Gasteiger partial charge in [0.05, 0.1) is 11.9 Å². The first-order valence-electron chi connectivity index (χ1n) is 4.31. The topological polar surface area (TPSA) is 46.0 Å². The molecule has 1 fully saturated rings. The normalized spacial score (nSPS) is 33.5. The Labute approximate surface area is 81.6 Å². The molecule has 1 aliphatic heterocycles. The van der Waals surface area contributed by atoms with Crippen molar-refractivity contribution in [3.05, 3.63) is 24.3 Å². The first-order valence-corrected chi connectivity index (χ1v) is 5.36. The highest BCUT2D eigenvalue weighted by Gasteiger charge is 2.38. The van der Waals surface area contributed by atoms with Gasteiger partial charge < -0.3 is 5.11 Å². The smallest absolute Gasteiger partial charge is 0.118 e. The fourth-order valence-electron chi connectivity index (χ4n) is 1.59. The Balaban J connectivity index is 2.26. The molecule has 4 heteroatoms. The summed E-state index contributed by atoms with van der Waals surface area (Å²) in [6.07, 6.45) is 5.67. The van der Waals surface area contributed by atoms with Gasteiger partial charge in [0.15, 0.2) is 0 Å². The molecule has 70 valence electrons. The van der Waals surface area contributed by atoms with Gasteiger partial charge in [-0.15, -0.1) is 0 Å². The van der Waals surface area contributed by atoms with E-state index >= 15 is 0 Å². The quantitative estimate of drug-likeness (QED) is 0.733. The van der Waals surface area contributed by atoms with Crippen LogP contribution >= 0.6 is 11.8 Å². The van der Waals surface area contributed by atoms with Gasteiger partial charge in [0, 0.05) is 23.4 Å². The molecule has 2 unspecified atom stereocenters. The average molecular weight is 196 g/mol. The first-order chi connectivity index (χ1) is 6.21. The maximum atomic E-state index is 10.2. The molecule has 3 nitrogen and oxygen atoms in total. The molecule has 0 aromatic carbocycles. The second-order valence-corrected chi connectivity index (χ2v) is 4.87. The van der Waals surface area contributed by atoms with Gasteiger partial charge >= 0.3 is 0 Å². The maximum Gasteiger partial charge on any atom is 0.118 e. The van der Waals surface area contributed by atoms with E-state index < -0.39 is 5.60 Å². The Morgan fingerprint density at radius 1 is 1.62 bits per heavy atom. The number of rotatable bonds is 1. The molecule has 0 bridgehead atoms. The van der Waals surface area contributed by atoms with E-state index in [1.807, 2.05) is 0 Å². The molecular formula is C9H12N2OS. The zero-order valence-corrected chi connectivity index (χ0v) is 8.29. The number of hydrogen-bond donors (Lipinski definition) is 1. The van der Waals surface area contributed by atoms with Crippen LogP contribution in [0.25, 0.3) is 0 Å². The minimum Gasteiger partial charge on any atom is -0.383 e. The first kappa shape index (κ1) is 8.97. The lowest BCUT2D eigenvalue weighted by atomic mass is 9.97.